The fourth-order valence-corrected chi connectivity index (χ4v) is 8.40. The van der Waals surface area contributed by atoms with Crippen molar-refractivity contribution in [1.29, 1.82) is 0 Å². The Morgan fingerprint density at radius 1 is 0.632 bits per heavy atom. The van der Waals surface area contributed by atoms with Crippen LogP contribution in [0.1, 0.15) is 41.8 Å². The highest BCUT2D eigenvalue weighted by Gasteiger charge is 2.34. The van der Waals surface area contributed by atoms with Crippen molar-refractivity contribution < 1.29 is 0 Å². The fourth-order valence-electron chi connectivity index (χ4n) is 5.69. The number of nitrogens with zero attached hydrogens (tertiary/aromatic N) is 1. The third-order valence-corrected chi connectivity index (χ3v) is 9.71. The van der Waals surface area contributed by atoms with Gasteiger partial charge in [-0.05, 0) is 78.1 Å². The molecule has 0 radical (unpaired) electrons. The molecule has 38 heavy (non-hydrogen) atoms. The van der Waals surface area contributed by atoms with Crippen LogP contribution in [0.15, 0.2) is 121 Å². The fraction of sp³-hybridized carbons (Fsp3) is 0.171. The summed E-state index contributed by atoms with van der Waals surface area (Å²) >= 11 is 0. The number of nitrogens with one attached hydrogen (secondary N) is 1. The van der Waals surface area contributed by atoms with Crippen molar-refractivity contribution in [3.8, 4) is 0 Å². The summed E-state index contributed by atoms with van der Waals surface area (Å²) in [5.41, 5.74) is 7.33. The largest absolute Gasteiger partial charge is 0.379 e. The number of benzene rings is 4. The summed E-state index contributed by atoms with van der Waals surface area (Å²) in [6.07, 6.45) is 1.85. The topological polar surface area (TPSA) is 24.9 Å². The molecule has 1 N–H and O–H groups in total. The van der Waals surface area contributed by atoms with Gasteiger partial charge in [0.05, 0.1) is 12.2 Å². The van der Waals surface area contributed by atoms with Crippen LogP contribution in [-0.4, -0.2) is 4.98 Å². The number of hydrogen-bond donors (Lipinski definition) is 1. The van der Waals surface area contributed by atoms with Crippen LogP contribution < -0.4 is 21.2 Å². The summed E-state index contributed by atoms with van der Waals surface area (Å²) in [7, 11) is -0.731. The van der Waals surface area contributed by atoms with Crippen LogP contribution in [0.5, 0.6) is 0 Å². The molecular formula is C35H35N2P. The molecule has 3 heteroatoms. The van der Waals surface area contributed by atoms with Crippen molar-refractivity contribution in [1.82, 2.24) is 4.98 Å². The van der Waals surface area contributed by atoms with E-state index in [0.717, 1.165) is 5.69 Å². The van der Waals surface area contributed by atoms with Gasteiger partial charge in [0.15, 0.2) is 0 Å². The lowest BCUT2D eigenvalue weighted by molar-refractivity contribution is 0.637. The summed E-state index contributed by atoms with van der Waals surface area (Å²) in [4.78, 5) is 4.52. The molecule has 0 atom stereocenters. The Kier molecular flexibility index (Phi) is 7.72. The van der Waals surface area contributed by atoms with E-state index in [2.05, 4.69) is 141 Å². The minimum Gasteiger partial charge on any atom is -0.379 e. The summed E-state index contributed by atoms with van der Waals surface area (Å²) in [6, 6.07) is 41.5. The minimum atomic E-state index is -0.731. The van der Waals surface area contributed by atoms with Crippen LogP contribution >= 0.6 is 7.92 Å². The van der Waals surface area contributed by atoms with Crippen LogP contribution in [0.4, 0.5) is 5.69 Å². The number of aromatic nitrogens is 1. The van der Waals surface area contributed by atoms with Crippen LogP contribution in [-0.2, 0) is 12.0 Å². The lowest BCUT2D eigenvalue weighted by Crippen LogP contribution is -2.33. The van der Waals surface area contributed by atoms with Crippen LogP contribution in [0.25, 0.3) is 0 Å². The van der Waals surface area contributed by atoms with E-state index < -0.39 is 7.92 Å². The van der Waals surface area contributed by atoms with Gasteiger partial charge in [-0.3, -0.25) is 4.98 Å². The third kappa shape index (κ3) is 5.28. The molecule has 1 aromatic heterocycles. The van der Waals surface area contributed by atoms with Gasteiger partial charge >= 0.3 is 0 Å². The Labute approximate surface area is 228 Å². The van der Waals surface area contributed by atoms with Gasteiger partial charge in [-0.2, -0.15) is 0 Å². The summed E-state index contributed by atoms with van der Waals surface area (Å²) in [5.74, 6) is 0. The molecule has 5 aromatic rings. The number of rotatable bonds is 8. The van der Waals surface area contributed by atoms with Gasteiger partial charge in [0.2, 0.25) is 0 Å². The molecule has 190 valence electrons. The summed E-state index contributed by atoms with van der Waals surface area (Å²) in [5, 5.41) is 7.88. The number of pyridine rings is 1. The standard InChI is InChI=1S/C35H35N2P/c1-26-15-13-22-31(37-25-28-17-11-12-24-36-28)33(26)35(3,4)34-27(2)16-14-23-32(34)38(29-18-7-5-8-19-29)30-20-9-6-10-21-30/h5-24,37H,25H2,1-4H3. The molecular weight excluding hydrogens is 479 g/mol. The van der Waals surface area contributed by atoms with Crippen molar-refractivity contribution in [3.05, 3.63) is 149 Å². The molecule has 5 rings (SSSR count). The molecule has 0 saturated heterocycles. The monoisotopic (exact) mass is 514 g/mol. The second-order valence-electron chi connectivity index (χ2n) is 10.3. The maximum absolute atomic E-state index is 4.52. The second kappa shape index (κ2) is 11.3. The van der Waals surface area contributed by atoms with Crippen molar-refractivity contribution in [2.45, 2.75) is 39.7 Å². The van der Waals surface area contributed by atoms with Crippen molar-refractivity contribution in [2.75, 3.05) is 5.32 Å². The van der Waals surface area contributed by atoms with E-state index in [0.29, 0.717) is 6.54 Å². The van der Waals surface area contributed by atoms with Gasteiger partial charge in [-0.25, -0.2) is 0 Å². The molecule has 1 heterocycles. The van der Waals surface area contributed by atoms with Gasteiger partial charge in [-0.15, -0.1) is 0 Å². The van der Waals surface area contributed by atoms with Crippen molar-refractivity contribution in [2.24, 2.45) is 0 Å². The van der Waals surface area contributed by atoms with E-state index in [-0.39, 0.29) is 5.41 Å². The van der Waals surface area contributed by atoms with Crippen molar-refractivity contribution >= 4 is 29.5 Å². The zero-order chi connectivity index (χ0) is 26.5. The molecule has 0 aliphatic carbocycles. The Balaban J connectivity index is 1.66. The van der Waals surface area contributed by atoms with E-state index in [9.17, 15) is 0 Å². The normalized spacial score (nSPS) is 11.5. The molecule has 0 spiro atoms. The molecule has 2 nitrogen and oxygen atoms in total. The Morgan fingerprint density at radius 3 is 1.82 bits per heavy atom. The quantitative estimate of drug-likeness (QED) is 0.218. The van der Waals surface area contributed by atoms with Gasteiger partial charge in [0.25, 0.3) is 0 Å². The highest BCUT2D eigenvalue weighted by Crippen LogP contribution is 2.44. The maximum atomic E-state index is 4.52. The van der Waals surface area contributed by atoms with Gasteiger partial charge in [0, 0.05) is 17.3 Å². The molecule has 0 fully saturated rings. The first kappa shape index (κ1) is 25.9. The van der Waals surface area contributed by atoms with Crippen LogP contribution in [0.2, 0.25) is 0 Å². The average molecular weight is 515 g/mol. The van der Waals surface area contributed by atoms with E-state index in [4.69, 9.17) is 0 Å². The smallest absolute Gasteiger partial charge is 0.0594 e. The van der Waals surface area contributed by atoms with Gasteiger partial charge in [-0.1, -0.05) is 111 Å². The maximum Gasteiger partial charge on any atom is 0.0594 e. The molecule has 0 bridgehead atoms. The predicted molar refractivity (Wildman–Crippen MR) is 165 cm³/mol. The van der Waals surface area contributed by atoms with Gasteiger partial charge in [0.1, 0.15) is 0 Å². The Bertz CT molecular complexity index is 1460. The molecule has 4 aromatic carbocycles. The Morgan fingerprint density at radius 2 is 1.21 bits per heavy atom. The lowest BCUT2D eigenvalue weighted by atomic mass is 9.73. The highest BCUT2D eigenvalue weighted by molar-refractivity contribution is 7.79. The van der Waals surface area contributed by atoms with Crippen molar-refractivity contribution in [3.63, 3.8) is 0 Å². The number of hydrogen-bond acceptors (Lipinski definition) is 2. The van der Waals surface area contributed by atoms with Crippen LogP contribution in [0, 0.1) is 13.8 Å². The molecule has 0 aliphatic heterocycles. The summed E-state index contributed by atoms with van der Waals surface area (Å²) < 4.78 is 0. The predicted octanol–water partition coefficient (Wildman–Crippen LogP) is 7.39. The van der Waals surface area contributed by atoms with E-state index >= 15 is 0 Å². The molecule has 0 amide bonds. The van der Waals surface area contributed by atoms with Crippen LogP contribution in [0.3, 0.4) is 0 Å². The molecule has 0 aliphatic rings. The van der Waals surface area contributed by atoms with E-state index in [1.807, 2.05) is 18.3 Å². The number of anilines is 1. The second-order valence-corrected chi connectivity index (χ2v) is 12.5. The first-order valence-electron chi connectivity index (χ1n) is 13.2. The highest BCUT2D eigenvalue weighted by atomic mass is 31.1. The van der Waals surface area contributed by atoms with E-state index in [1.165, 1.54) is 43.9 Å². The molecule has 0 saturated carbocycles. The summed E-state index contributed by atoms with van der Waals surface area (Å²) in [6.45, 7) is 9.96. The van der Waals surface area contributed by atoms with E-state index in [1.54, 1.807) is 0 Å². The number of aryl methyl sites for hydroxylation is 2. The average Bonchev–Trinajstić information content (AvgIpc) is 2.93. The zero-order valence-corrected chi connectivity index (χ0v) is 23.5. The van der Waals surface area contributed by atoms with Gasteiger partial charge < -0.3 is 5.32 Å². The minimum absolute atomic E-state index is 0.234. The third-order valence-electron chi connectivity index (χ3n) is 7.23. The first-order valence-corrected chi connectivity index (χ1v) is 14.5. The lowest BCUT2D eigenvalue weighted by Gasteiger charge is -2.36. The molecule has 0 unspecified atom stereocenters. The Hall–Kier alpha value is -3.74. The SMILES string of the molecule is Cc1cccc(NCc2ccccn2)c1C(C)(C)c1c(C)cccc1P(c1ccccc1)c1ccccc1. The first-order chi connectivity index (χ1) is 18.5. The zero-order valence-electron chi connectivity index (χ0n) is 22.6.